The molecule has 2 rings (SSSR count). The number of benzene rings is 1. The van der Waals surface area contributed by atoms with Gasteiger partial charge < -0.3 is 5.11 Å². The van der Waals surface area contributed by atoms with Crippen molar-refractivity contribution in [3.05, 3.63) is 34.9 Å². The molecule has 1 aliphatic rings. The molecule has 1 aromatic carbocycles. The van der Waals surface area contributed by atoms with E-state index in [0.29, 0.717) is 10.9 Å². The third-order valence-electron chi connectivity index (χ3n) is 3.73. The van der Waals surface area contributed by atoms with Crippen molar-refractivity contribution in [2.75, 3.05) is 0 Å². The Morgan fingerprint density at radius 2 is 2.06 bits per heavy atom. The SMILES string of the molecule is CC1CCC(C(=O)O)C(c2ccccc2Cl)C1. The van der Waals surface area contributed by atoms with Crippen LogP contribution in [0.4, 0.5) is 0 Å². The Balaban J connectivity index is 2.32. The molecule has 1 aromatic rings. The Morgan fingerprint density at radius 3 is 2.71 bits per heavy atom. The molecule has 0 bridgehead atoms. The molecule has 0 heterocycles. The van der Waals surface area contributed by atoms with Gasteiger partial charge in [0.2, 0.25) is 0 Å². The minimum absolute atomic E-state index is 0.0601. The van der Waals surface area contributed by atoms with E-state index in [1.165, 1.54) is 0 Å². The van der Waals surface area contributed by atoms with E-state index in [9.17, 15) is 9.90 Å². The van der Waals surface area contributed by atoms with Gasteiger partial charge in [-0.15, -0.1) is 0 Å². The second-order valence-corrected chi connectivity index (χ2v) is 5.40. The van der Waals surface area contributed by atoms with Crippen molar-refractivity contribution < 1.29 is 9.90 Å². The number of carbonyl (C=O) groups is 1. The van der Waals surface area contributed by atoms with Crippen LogP contribution in [0.5, 0.6) is 0 Å². The fourth-order valence-electron chi connectivity index (χ4n) is 2.80. The van der Waals surface area contributed by atoms with Crippen LogP contribution in [0.15, 0.2) is 24.3 Å². The first-order chi connectivity index (χ1) is 8.09. The highest BCUT2D eigenvalue weighted by atomic mass is 35.5. The molecule has 17 heavy (non-hydrogen) atoms. The Bertz CT molecular complexity index is 416. The Kier molecular flexibility index (Phi) is 3.72. The third kappa shape index (κ3) is 2.63. The fraction of sp³-hybridized carbons (Fsp3) is 0.500. The van der Waals surface area contributed by atoms with Gasteiger partial charge in [0.05, 0.1) is 5.92 Å². The molecule has 3 heteroatoms. The molecule has 2 nitrogen and oxygen atoms in total. The number of hydrogen-bond acceptors (Lipinski definition) is 1. The highest BCUT2D eigenvalue weighted by molar-refractivity contribution is 6.31. The Labute approximate surface area is 107 Å². The maximum absolute atomic E-state index is 11.3. The minimum Gasteiger partial charge on any atom is -0.481 e. The summed E-state index contributed by atoms with van der Waals surface area (Å²) in [4.78, 5) is 11.3. The molecular weight excluding hydrogens is 236 g/mol. The van der Waals surface area contributed by atoms with Gasteiger partial charge in [-0.05, 0) is 42.7 Å². The van der Waals surface area contributed by atoms with Crippen molar-refractivity contribution in [2.24, 2.45) is 11.8 Å². The predicted molar refractivity (Wildman–Crippen MR) is 68.3 cm³/mol. The summed E-state index contributed by atoms with van der Waals surface area (Å²) in [5, 5.41) is 10.00. The van der Waals surface area contributed by atoms with Crippen LogP contribution in [-0.2, 0) is 4.79 Å². The van der Waals surface area contributed by atoms with Gasteiger partial charge in [-0.3, -0.25) is 4.79 Å². The molecule has 1 saturated carbocycles. The van der Waals surface area contributed by atoms with Gasteiger partial charge in [0.25, 0.3) is 0 Å². The van der Waals surface area contributed by atoms with Crippen LogP contribution in [0.2, 0.25) is 5.02 Å². The van der Waals surface area contributed by atoms with Gasteiger partial charge in [0.1, 0.15) is 0 Å². The molecule has 1 aliphatic carbocycles. The lowest BCUT2D eigenvalue weighted by Crippen LogP contribution is -2.28. The molecular formula is C14H17ClO2. The molecule has 92 valence electrons. The molecule has 0 saturated heterocycles. The van der Waals surface area contributed by atoms with Gasteiger partial charge in [-0.2, -0.15) is 0 Å². The molecule has 3 atom stereocenters. The van der Waals surface area contributed by atoms with E-state index in [0.717, 1.165) is 24.8 Å². The summed E-state index contributed by atoms with van der Waals surface area (Å²) in [5.74, 6) is -0.343. The first-order valence-corrected chi connectivity index (χ1v) is 6.44. The molecule has 0 radical (unpaired) electrons. The molecule has 3 unspecified atom stereocenters. The maximum atomic E-state index is 11.3. The van der Waals surface area contributed by atoms with E-state index in [-0.39, 0.29) is 11.8 Å². The number of carboxylic acids is 1. The molecule has 1 fully saturated rings. The van der Waals surface area contributed by atoms with Crippen molar-refractivity contribution in [2.45, 2.75) is 32.1 Å². The van der Waals surface area contributed by atoms with Crippen molar-refractivity contribution in [3.8, 4) is 0 Å². The number of hydrogen-bond donors (Lipinski definition) is 1. The summed E-state index contributed by atoms with van der Waals surface area (Å²) in [6, 6.07) is 7.61. The molecule has 1 N–H and O–H groups in total. The van der Waals surface area contributed by atoms with E-state index in [1.807, 2.05) is 24.3 Å². The topological polar surface area (TPSA) is 37.3 Å². The monoisotopic (exact) mass is 252 g/mol. The lowest BCUT2D eigenvalue weighted by atomic mass is 9.71. The highest BCUT2D eigenvalue weighted by Gasteiger charge is 2.35. The average Bonchev–Trinajstić information content (AvgIpc) is 2.29. The van der Waals surface area contributed by atoms with Crippen molar-refractivity contribution in [3.63, 3.8) is 0 Å². The molecule has 0 aromatic heterocycles. The second-order valence-electron chi connectivity index (χ2n) is 4.99. The Morgan fingerprint density at radius 1 is 1.35 bits per heavy atom. The van der Waals surface area contributed by atoms with Crippen molar-refractivity contribution >= 4 is 17.6 Å². The lowest BCUT2D eigenvalue weighted by molar-refractivity contribution is -0.143. The van der Waals surface area contributed by atoms with Gasteiger partial charge in [-0.25, -0.2) is 0 Å². The van der Waals surface area contributed by atoms with Crippen LogP contribution in [0.3, 0.4) is 0 Å². The number of aliphatic carboxylic acids is 1. The van der Waals surface area contributed by atoms with E-state index in [4.69, 9.17) is 11.6 Å². The third-order valence-corrected chi connectivity index (χ3v) is 4.08. The van der Waals surface area contributed by atoms with Crippen LogP contribution in [0.1, 0.15) is 37.7 Å². The molecule has 0 amide bonds. The van der Waals surface area contributed by atoms with E-state index in [1.54, 1.807) is 0 Å². The first kappa shape index (κ1) is 12.4. The zero-order valence-electron chi connectivity index (χ0n) is 9.90. The van der Waals surface area contributed by atoms with E-state index in [2.05, 4.69) is 6.92 Å². The second kappa shape index (κ2) is 5.09. The summed E-state index contributed by atoms with van der Waals surface area (Å²) in [6.45, 7) is 2.18. The minimum atomic E-state index is -0.693. The summed E-state index contributed by atoms with van der Waals surface area (Å²) < 4.78 is 0. The first-order valence-electron chi connectivity index (χ1n) is 6.07. The highest BCUT2D eigenvalue weighted by Crippen LogP contribution is 2.42. The summed E-state index contributed by atoms with van der Waals surface area (Å²) in [6.07, 6.45) is 2.67. The largest absolute Gasteiger partial charge is 0.481 e. The van der Waals surface area contributed by atoms with Crippen LogP contribution < -0.4 is 0 Å². The van der Waals surface area contributed by atoms with Gasteiger partial charge in [-0.1, -0.05) is 36.7 Å². The average molecular weight is 253 g/mol. The zero-order chi connectivity index (χ0) is 12.4. The molecule has 0 spiro atoms. The van der Waals surface area contributed by atoms with Crippen LogP contribution in [-0.4, -0.2) is 11.1 Å². The summed E-state index contributed by atoms with van der Waals surface area (Å²) >= 11 is 6.18. The van der Waals surface area contributed by atoms with Gasteiger partial charge in [0.15, 0.2) is 0 Å². The predicted octanol–water partition coefficient (Wildman–Crippen LogP) is 3.94. The number of rotatable bonds is 2. The summed E-state index contributed by atoms with van der Waals surface area (Å²) in [7, 11) is 0. The van der Waals surface area contributed by atoms with E-state index < -0.39 is 5.97 Å². The fourth-order valence-corrected chi connectivity index (χ4v) is 3.07. The van der Waals surface area contributed by atoms with Crippen LogP contribution >= 0.6 is 11.6 Å². The molecule has 0 aliphatic heterocycles. The number of carboxylic acid groups (broad SMARTS) is 1. The lowest BCUT2D eigenvalue weighted by Gasteiger charge is -2.33. The zero-order valence-corrected chi connectivity index (χ0v) is 10.7. The van der Waals surface area contributed by atoms with Gasteiger partial charge >= 0.3 is 5.97 Å². The quantitative estimate of drug-likeness (QED) is 0.866. The van der Waals surface area contributed by atoms with Crippen LogP contribution in [0.25, 0.3) is 0 Å². The van der Waals surface area contributed by atoms with Crippen molar-refractivity contribution in [1.82, 2.24) is 0 Å². The van der Waals surface area contributed by atoms with Crippen LogP contribution in [0, 0.1) is 11.8 Å². The van der Waals surface area contributed by atoms with E-state index >= 15 is 0 Å². The van der Waals surface area contributed by atoms with Crippen molar-refractivity contribution in [1.29, 1.82) is 0 Å². The maximum Gasteiger partial charge on any atom is 0.307 e. The number of halogens is 1. The summed E-state index contributed by atoms with van der Waals surface area (Å²) in [5.41, 5.74) is 0.994. The van der Waals surface area contributed by atoms with Gasteiger partial charge in [0, 0.05) is 5.02 Å². The normalized spacial score (nSPS) is 28.9. The Hall–Kier alpha value is -1.02. The smallest absolute Gasteiger partial charge is 0.307 e. The standard InChI is InChI=1S/C14H17ClO2/c1-9-6-7-11(14(16)17)12(8-9)10-4-2-3-5-13(10)15/h2-5,9,11-12H,6-8H2,1H3,(H,16,17).